The lowest BCUT2D eigenvalue weighted by molar-refractivity contribution is -0.0205. The second-order valence-electron chi connectivity index (χ2n) is 9.57. The molecular weight excluding hydrogens is 368 g/mol. The first-order valence-electron chi connectivity index (χ1n) is 11.6. The molecule has 4 heteroatoms. The van der Waals surface area contributed by atoms with Crippen molar-refractivity contribution in [2.45, 2.75) is 83.2 Å². The fraction of sp³-hybridized carbons (Fsp3) is 0.720. The van der Waals surface area contributed by atoms with Crippen LogP contribution in [-0.4, -0.2) is 12.7 Å². The Labute approximate surface area is 173 Å². The Balaban J connectivity index is 1.31. The minimum absolute atomic E-state index is 0.223. The van der Waals surface area contributed by atoms with Gasteiger partial charge in [0.15, 0.2) is 0 Å². The minimum Gasteiger partial charge on any atom is -0.378 e. The zero-order chi connectivity index (χ0) is 20.4. The molecule has 1 aromatic rings. The Kier molecular flexibility index (Phi) is 6.54. The Bertz CT molecular complexity index is 727. The maximum absolute atomic E-state index is 14.0. The van der Waals surface area contributed by atoms with Crippen molar-refractivity contribution in [3.63, 3.8) is 0 Å². The molecule has 3 aliphatic carbocycles. The molecule has 0 spiro atoms. The van der Waals surface area contributed by atoms with Gasteiger partial charge in [-0.15, -0.1) is 0 Å². The maximum Gasteiger partial charge on any atom is 0.144 e. The summed E-state index contributed by atoms with van der Waals surface area (Å²) in [6, 6.07) is 4.39. The smallest absolute Gasteiger partial charge is 0.144 e. The van der Waals surface area contributed by atoms with Crippen molar-refractivity contribution in [1.29, 1.82) is 5.26 Å². The number of fused-ring (bicyclic) bond motifs is 1. The van der Waals surface area contributed by atoms with Crippen molar-refractivity contribution >= 4 is 0 Å². The SMILES string of the molecule is CCOC1CCC2CC(C3CCC(c4cc(F)c(C#N)c(F)c4)CC3)CCC2C1. The molecule has 3 saturated carbocycles. The van der Waals surface area contributed by atoms with Crippen LogP contribution >= 0.6 is 0 Å². The van der Waals surface area contributed by atoms with E-state index in [1.165, 1.54) is 50.7 Å². The van der Waals surface area contributed by atoms with Crippen LogP contribution in [-0.2, 0) is 4.74 Å². The van der Waals surface area contributed by atoms with Crippen LogP contribution in [0.1, 0.15) is 88.2 Å². The van der Waals surface area contributed by atoms with Crippen LogP contribution in [0.2, 0.25) is 0 Å². The predicted octanol–water partition coefficient (Wildman–Crippen LogP) is 6.73. The number of hydrogen-bond acceptors (Lipinski definition) is 2. The van der Waals surface area contributed by atoms with E-state index in [0.717, 1.165) is 61.5 Å². The molecule has 4 unspecified atom stereocenters. The summed E-state index contributed by atoms with van der Waals surface area (Å²) in [5, 5.41) is 8.87. The summed E-state index contributed by atoms with van der Waals surface area (Å²) in [7, 11) is 0. The molecule has 2 nitrogen and oxygen atoms in total. The summed E-state index contributed by atoms with van der Waals surface area (Å²) in [5.74, 6) is 2.12. The summed E-state index contributed by atoms with van der Waals surface area (Å²) in [6.07, 6.45) is 12.7. The highest BCUT2D eigenvalue weighted by molar-refractivity contribution is 5.36. The van der Waals surface area contributed by atoms with Gasteiger partial charge in [0.05, 0.1) is 6.10 Å². The Morgan fingerprint density at radius 2 is 1.41 bits per heavy atom. The molecule has 0 saturated heterocycles. The van der Waals surface area contributed by atoms with E-state index in [9.17, 15) is 8.78 Å². The van der Waals surface area contributed by atoms with Crippen molar-refractivity contribution in [2.24, 2.45) is 23.7 Å². The summed E-state index contributed by atoms with van der Waals surface area (Å²) < 4.78 is 33.9. The van der Waals surface area contributed by atoms with E-state index >= 15 is 0 Å². The van der Waals surface area contributed by atoms with E-state index in [1.807, 2.05) is 0 Å². The first-order chi connectivity index (χ1) is 14.1. The maximum atomic E-state index is 14.0. The van der Waals surface area contributed by atoms with Gasteiger partial charge in [-0.2, -0.15) is 5.26 Å². The summed E-state index contributed by atoms with van der Waals surface area (Å²) >= 11 is 0. The van der Waals surface area contributed by atoms with Crippen LogP contribution in [0.4, 0.5) is 8.78 Å². The van der Waals surface area contributed by atoms with Crippen molar-refractivity contribution in [3.8, 4) is 6.07 Å². The van der Waals surface area contributed by atoms with E-state index in [0.29, 0.717) is 6.10 Å². The number of halogens is 2. The number of ether oxygens (including phenoxy) is 1. The van der Waals surface area contributed by atoms with Crippen LogP contribution in [0.3, 0.4) is 0 Å². The number of nitrogens with zero attached hydrogens (tertiary/aromatic N) is 1. The summed E-state index contributed by atoms with van der Waals surface area (Å²) in [5.41, 5.74) is 0.272. The topological polar surface area (TPSA) is 33.0 Å². The highest BCUT2D eigenvalue weighted by Crippen LogP contribution is 2.49. The molecule has 158 valence electrons. The normalized spacial score (nSPS) is 35.0. The minimum atomic E-state index is -0.717. The fourth-order valence-corrected chi connectivity index (χ4v) is 6.56. The lowest BCUT2D eigenvalue weighted by Gasteiger charge is -2.45. The van der Waals surface area contributed by atoms with E-state index in [4.69, 9.17) is 10.00 Å². The molecule has 4 atom stereocenters. The van der Waals surface area contributed by atoms with Crippen LogP contribution in [0, 0.1) is 46.6 Å². The summed E-state index contributed by atoms with van der Waals surface area (Å²) in [4.78, 5) is 0. The Morgan fingerprint density at radius 3 is 2.03 bits per heavy atom. The zero-order valence-corrected chi connectivity index (χ0v) is 17.5. The van der Waals surface area contributed by atoms with Crippen LogP contribution in [0.5, 0.6) is 0 Å². The van der Waals surface area contributed by atoms with Gasteiger partial charge in [-0.25, -0.2) is 8.78 Å². The van der Waals surface area contributed by atoms with E-state index < -0.39 is 17.2 Å². The molecule has 0 amide bonds. The van der Waals surface area contributed by atoms with Crippen molar-refractivity contribution in [2.75, 3.05) is 6.61 Å². The third-order valence-electron chi connectivity index (χ3n) is 8.09. The van der Waals surface area contributed by atoms with Gasteiger partial charge in [0.25, 0.3) is 0 Å². The molecule has 3 aliphatic rings. The Morgan fingerprint density at radius 1 is 0.862 bits per heavy atom. The van der Waals surface area contributed by atoms with E-state index in [-0.39, 0.29) is 5.92 Å². The van der Waals surface area contributed by atoms with Gasteiger partial charge in [0, 0.05) is 6.61 Å². The van der Waals surface area contributed by atoms with Gasteiger partial charge in [-0.05, 0) is 118 Å². The largest absolute Gasteiger partial charge is 0.378 e. The van der Waals surface area contributed by atoms with Gasteiger partial charge in [-0.1, -0.05) is 0 Å². The fourth-order valence-electron chi connectivity index (χ4n) is 6.56. The molecule has 0 bridgehead atoms. The number of hydrogen-bond donors (Lipinski definition) is 0. The monoisotopic (exact) mass is 401 g/mol. The van der Waals surface area contributed by atoms with Crippen molar-refractivity contribution < 1.29 is 13.5 Å². The third kappa shape index (κ3) is 4.50. The van der Waals surface area contributed by atoms with Gasteiger partial charge in [0.2, 0.25) is 0 Å². The second kappa shape index (κ2) is 9.13. The summed E-state index contributed by atoms with van der Waals surface area (Å²) in [6.45, 7) is 2.93. The predicted molar refractivity (Wildman–Crippen MR) is 109 cm³/mol. The lowest BCUT2D eigenvalue weighted by Crippen LogP contribution is -2.36. The number of rotatable bonds is 4. The van der Waals surface area contributed by atoms with Crippen LogP contribution in [0.25, 0.3) is 0 Å². The quantitative estimate of drug-likeness (QED) is 0.560. The van der Waals surface area contributed by atoms with Gasteiger partial charge >= 0.3 is 0 Å². The number of benzene rings is 1. The van der Waals surface area contributed by atoms with Crippen molar-refractivity contribution in [1.82, 2.24) is 0 Å². The molecule has 1 aromatic carbocycles. The molecule has 3 fully saturated rings. The molecule has 0 N–H and O–H groups in total. The first kappa shape index (κ1) is 20.8. The van der Waals surface area contributed by atoms with Gasteiger partial charge in [0.1, 0.15) is 23.3 Å². The second-order valence-corrected chi connectivity index (χ2v) is 9.57. The highest BCUT2D eigenvalue weighted by Gasteiger charge is 2.39. The lowest BCUT2D eigenvalue weighted by atomic mass is 9.62. The van der Waals surface area contributed by atoms with Gasteiger partial charge in [-0.3, -0.25) is 0 Å². The van der Waals surface area contributed by atoms with E-state index in [2.05, 4.69) is 6.92 Å². The highest BCUT2D eigenvalue weighted by atomic mass is 19.1. The van der Waals surface area contributed by atoms with Crippen LogP contribution < -0.4 is 0 Å². The third-order valence-corrected chi connectivity index (χ3v) is 8.09. The van der Waals surface area contributed by atoms with E-state index in [1.54, 1.807) is 6.07 Å². The van der Waals surface area contributed by atoms with Crippen molar-refractivity contribution in [3.05, 3.63) is 34.9 Å². The van der Waals surface area contributed by atoms with Gasteiger partial charge < -0.3 is 4.74 Å². The zero-order valence-electron chi connectivity index (χ0n) is 17.5. The average Bonchev–Trinajstić information content (AvgIpc) is 2.73. The molecule has 0 aromatic heterocycles. The number of nitriles is 1. The molecule has 29 heavy (non-hydrogen) atoms. The molecule has 0 aliphatic heterocycles. The average molecular weight is 402 g/mol. The van der Waals surface area contributed by atoms with Crippen LogP contribution in [0.15, 0.2) is 12.1 Å². The molecule has 4 rings (SSSR count). The standard InChI is InChI=1S/C25H33F2NO/c1-2-29-22-10-9-19-11-18(7-8-20(19)12-22)16-3-5-17(6-4-16)21-13-24(26)23(15-28)25(27)14-21/h13-14,16-20,22H,2-12H2,1H3. The molecule has 0 heterocycles. The Hall–Kier alpha value is -1.47. The molecular formula is C25H33F2NO. The first-order valence-corrected chi connectivity index (χ1v) is 11.6. The molecule has 0 radical (unpaired) electrons.